The van der Waals surface area contributed by atoms with Gasteiger partial charge in [-0.15, -0.1) is 0 Å². The number of ether oxygens (including phenoxy) is 3. The van der Waals surface area contributed by atoms with Crippen molar-refractivity contribution < 1.29 is 29.2 Å². The van der Waals surface area contributed by atoms with E-state index in [0.717, 1.165) is 49.8 Å². The van der Waals surface area contributed by atoms with Crippen LogP contribution >= 0.6 is 0 Å². The molecule has 0 aromatic heterocycles. The van der Waals surface area contributed by atoms with Crippen LogP contribution in [0.3, 0.4) is 0 Å². The molecule has 2 N–H and O–H groups in total. The van der Waals surface area contributed by atoms with Crippen molar-refractivity contribution in [2.45, 2.75) is 91.0 Å². The molecule has 0 unspecified atom stereocenters. The average molecular weight is 615 g/mol. The first-order chi connectivity index (χ1) is 21.5. The highest BCUT2D eigenvalue weighted by Crippen LogP contribution is 2.89. The Labute approximate surface area is 267 Å². The van der Waals surface area contributed by atoms with Crippen molar-refractivity contribution in [3.8, 4) is 5.75 Å². The quantitative estimate of drug-likeness (QED) is 0.283. The highest BCUT2D eigenvalue weighted by Gasteiger charge is 2.84. The number of carbonyl (C=O) groups excluding carboxylic acids is 1. The minimum atomic E-state index is -0.403. The molecule has 5 aliphatic carbocycles. The fourth-order valence-electron chi connectivity index (χ4n) is 12.5. The Morgan fingerprint density at radius 1 is 1.16 bits per heavy atom. The third-order valence-electron chi connectivity index (χ3n) is 14.9. The lowest BCUT2D eigenvalue weighted by atomic mass is 9.38. The Kier molecular flexibility index (Phi) is 6.53. The highest BCUT2D eigenvalue weighted by atomic mass is 16.6. The van der Waals surface area contributed by atoms with Crippen molar-refractivity contribution in [2.75, 3.05) is 20.3 Å². The van der Waals surface area contributed by atoms with Crippen LogP contribution in [0, 0.1) is 50.7 Å². The van der Waals surface area contributed by atoms with E-state index >= 15 is 0 Å². The molecule has 45 heavy (non-hydrogen) atoms. The molecule has 1 aromatic carbocycles. The third kappa shape index (κ3) is 3.76. The maximum atomic E-state index is 13.2. The highest BCUT2D eigenvalue weighted by molar-refractivity contribution is 5.76. The fourth-order valence-corrected chi connectivity index (χ4v) is 12.5. The number of benzene rings is 1. The second kappa shape index (κ2) is 9.81. The molecule has 5 fully saturated rings. The first-order valence-corrected chi connectivity index (χ1v) is 17.3. The SMILES string of the molecule is COc1ccc([C@@H]2CC3=CC[C@]4(C)[C@H]5C=C[C@]67C[C@]6(CC[C@H]7[C@@H]6C[C@H](/C=C(\C)CO)OC6=O)[C@]5(C)[C@H](O)C[C@H]4[C@@]3(C)CO2)cc1. The second-order valence-electron chi connectivity index (χ2n) is 16.5. The summed E-state index contributed by atoms with van der Waals surface area (Å²) in [5.74, 6) is 1.50. The summed E-state index contributed by atoms with van der Waals surface area (Å²) in [5.41, 5.74) is 3.20. The van der Waals surface area contributed by atoms with Crippen LogP contribution in [-0.2, 0) is 14.3 Å². The van der Waals surface area contributed by atoms with E-state index in [-0.39, 0.29) is 69.6 Å². The van der Waals surface area contributed by atoms with E-state index in [9.17, 15) is 15.0 Å². The topological polar surface area (TPSA) is 85.2 Å². The summed E-state index contributed by atoms with van der Waals surface area (Å²) in [6.07, 6.45) is 15.4. The number of carbonyl (C=O) groups is 1. The molecule has 3 saturated carbocycles. The molecule has 1 aromatic rings. The van der Waals surface area contributed by atoms with E-state index in [4.69, 9.17) is 14.2 Å². The number of hydrogen-bond acceptors (Lipinski definition) is 6. The number of methoxy groups -OCH3 is 1. The van der Waals surface area contributed by atoms with Crippen molar-refractivity contribution in [1.29, 1.82) is 0 Å². The van der Waals surface area contributed by atoms with Gasteiger partial charge in [0.25, 0.3) is 0 Å². The molecule has 0 radical (unpaired) electrons. The Hall–Kier alpha value is -2.41. The van der Waals surface area contributed by atoms with Crippen molar-refractivity contribution >= 4 is 5.97 Å². The van der Waals surface area contributed by atoms with Crippen LogP contribution in [0.4, 0.5) is 0 Å². The number of esters is 1. The Morgan fingerprint density at radius 3 is 2.67 bits per heavy atom. The number of fused-ring (bicyclic) bond motifs is 5. The maximum absolute atomic E-state index is 13.2. The van der Waals surface area contributed by atoms with E-state index in [2.05, 4.69) is 51.1 Å². The molecule has 8 rings (SSSR count). The molecule has 2 heterocycles. The van der Waals surface area contributed by atoms with Gasteiger partial charge in [-0.05, 0) is 109 Å². The lowest BCUT2D eigenvalue weighted by molar-refractivity contribution is -0.199. The fraction of sp³-hybridized carbons (Fsp3) is 0.667. The first-order valence-electron chi connectivity index (χ1n) is 17.3. The lowest BCUT2D eigenvalue weighted by Crippen LogP contribution is -2.64. The van der Waals surface area contributed by atoms with Crippen LogP contribution in [0.1, 0.15) is 84.3 Å². The standard InChI is InChI=1S/C39H50O6/c1-23(20-40)16-27-18-28(34(42)45-27)29-11-15-39-21-38(29,39)14-12-31-35(2)13-10-25-17-30(24-6-8-26(43-5)9-7-24)44-22-36(25,3)32(35)19-33(41)37(31,39)4/h6-10,12,14,16,27-33,40-41H,11,13,15,17-22H2,1-5H3/b23-16+/t27-,28-,29-,30-,31+,32+,33+,35+,36-,37-,38+,39+/m0/s1. The van der Waals surface area contributed by atoms with Gasteiger partial charge in [-0.25, -0.2) is 0 Å². The van der Waals surface area contributed by atoms with Crippen LogP contribution in [0.2, 0.25) is 0 Å². The van der Waals surface area contributed by atoms with E-state index in [1.54, 1.807) is 7.11 Å². The zero-order chi connectivity index (χ0) is 31.6. The van der Waals surface area contributed by atoms with Crippen LogP contribution in [0.25, 0.3) is 0 Å². The van der Waals surface area contributed by atoms with E-state index in [1.807, 2.05) is 25.1 Å². The molecule has 242 valence electrons. The van der Waals surface area contributed by atoms with E-state index in [1.165, 1.54) is 11.1 Å². The van der Waals surface area contributed by atoms with Crippen LogP contribution in [-0.4, -0.2) is 48.7 Å². The van der Waals surface area contributed by atoms with Crippen LogP contribution in [0.15, 0.2) is 59.7 Å². The van der Waals surface area contributed by atoms with Gasteiger partial charge in [0.2, 0.25) is 0 Å². The minimum Gasteiger partial charge on any atom is -0.497 e. The van der Waals surface area contributed by atoms with Gasteiger partial charge in [0.1, 0.15) is 11.9 Å². The third-order valence-corrected chi connectivity index (χ3v) is 14.9. The number of aliphatic hydroxyl groups is 2. The molecule has 6 heteroatoms. The predicted octanol–water partition coefficient (Wildman–Crippen LogP) is 6.73. The van der Waals surface area contributed by atoms with Gasteiger partial charge in [-0.1, -0.05) is 56.7 Å². The van der Waals surface area contributed by atoms with Crippen molar-refractivity contribution in [1.82, 2.24) is 0 Å². The summed E-state index contributed by atoms with van der Waals surface area (Å²) in [5, 5.41) is 21.9. The van der Waals surface area contributed by atoms with Crippen molar-refractivity contribution in [3.05, 3.63) is 65.3 Å². The zero-order valence-corrected chi connectivity index (χ0v) is 27.6. The normalized spacial score (nSPS) is 49.6. The van der Waals surface area contributed by atoms with Gasteiger partial charge in [0, 0.05) is 17.3 Å². The number of cyclic esters (lactones) is 1. The van der Waals surface area contributed by atoms with Gasteiger partial charge in [0.05, 0.1) is 38.4 Å². The number of hydrogen-bond donors (Lipinski definition) is 2. The van der Waals surface area contributed by atoms with Crippen LogP contribution in [0.5, 0.6) is 5.75 Å². The van der Waals surface area contributed by atoms with Gasteiger partial charge in [0.15, 0.2) is 0 Å². The molecule has 12 atom stereocenters. The summed E-state index contributed by atoms with van der Waals surface area (Å²) in [6.45, 7) is 9.83. The van der Waals surface area contributed by atoms with Gasteiger partial charge in [-0.2, -0.15) is 0 Å². The van der Waals surface area contributed by atoms with Gasteiger partial charge in [-0.3, -0.25) is 4.79 Å². The Morgan fingerprint density at radius 2 is 1.93 bits per heavy atom. The first kappa shape index (κ1) is 30.0. The molecule has 2 saturated heterocycles. The summed E-state index contributed by atoms with van der Waals surface area (Å²) in [6, 6.07) is 8.27. The van der Waals surface area contributed by atoms with Crippen molar-refractivity contribution in [3.63, 3.8) is 0 Å². The molecule has 0 bridgehead atoms. The molecule has 2 aliphatic heterocycles. The summed E-state index contributed by atoms with van der Waals surface area (Å²) >= 11 is 0. The number of aliphatic hydroxyl groups excluding tert-OH is 2. The molecule has 6 nitrogen and oxygen atoms in total. The summed E-state index contributed by atoms with van der Waals surface area (Å²) in [4.78, 5) is 13.2. The maximum Gasteiger partial charge on any atom is 0.309 e. The second-order valence-corrected chi connectivity index (χ2v) is 16.5. The van der Waals surface area contributed by atoms with Crippen molar-refractivity contribution in [2.24, 2.45) is 50.7 Å². The molecule has 0 amide bonds. The average Bonchev–Trinajstić information content (AvgIpc) is 3.43. The molecule has 7 aliphatic rings. The summed E-state index contributed by atoms with van der Waals surface area (Å²) in [7, 11) is 1.70. The zero-order valence-electron chi connectivity index (χ0n) is 27.6. The van der Waals surface area contributed by atoms with E-state index < -0.39 is 6.10 Å². The molecular weight excluding hydrogens is 564 g/mol. The Bertz CT molecular complexity index is 1490. The Balaban J connectivity index is 1.09. The monoisotopic (exact) mass is 614 g/mol. The number of allylic oxidation sites excluding steroid dienone is 3. The minimum absolute atomic E-state index is 0.0135. The smallest absolute Gasteiger partial charge is 0.309 e. The summed E-state index contributed by atoms with van der Waals surface area (Å²) < 4.78 is 17.9. The largest absolute Gasteiger partial charge is 0.497 e. The predicted molar refractivity (Wildman–Crippen MR) is 171 cm³/mol. The van der Waals surface area contributed by atoms with E-state index in [0.29, 0.717) is 18.9 Å². The van der Waals surface area contributed by atoms with Gasteiger partial charge < -0.3 is 24.4 Å². The molecular formula is C39H50O6. The molecule has 0 spiro atoms. The lowest BCUT2D eigenvalue weighted by Gasteiger charge is -2.67. The van der Waals surface area contributed by atoms with Crippen LogP contribution < -0.4 is 4.74 Å². The number of rotatable bonds is 5. The van der Waals surface area contributed by atoms with Gasteiger partial charge >= 0.3 is 5.97 Å².